The molecule has 0 spiro atoms. The average molecular weight is 290 g/mol. The van der Waals surface area contributed by atoms with Gasteiger partial charge in [-0.3, -0.25) is 4.98 Å². The highest BCUT2D eigenvalue weighted by Gasteiger charge is 2.20. The van der Waals surface area contributed by atoms with Crippen molar-refractivity contribution < 1.29 is 14.6 Å². The first-order valence-corrected chi connectivity index (χ1v) is 6.59. The van der Waals surface area contributed by atoms with Gasteiger partial charge in [0, 0.05) is 18.0 Å². The van der Waals surface area contributed by atoms with Gasteiger partial charge in [-0.15, -0.1) is 5.10 Å². The smallest absolute Gasteiger partial charge is 0.358 e. The molecule has 2 rings (SSSR count). The summed E-state index contributed by atoms with van der Waals surface area (Å²) in [5, 5.41) is 16.9. The third-order valence-corrected chi connectivity index (χ3v) is 2.73. The molecule has 112 valence electrons. The van der Waals surface area contributed by atoms with E-state index in [4.69, 9.17) is 4.74 Å². The molecular formula is C14H18N4O3. The van der Waals surface area contributed by atoms with Gasteiger partial charge in [-0.05, 0) is 32.9 Å². The van der Waals surface area contributed by atoms with Gasteiger partial charge in [-0.1, -0.05) is 5.21 Å². The summed E-state index contributed by atoms with van der Waals surface area (Å²) >= 11 is 0. The fraction of sp³-hybridized carbons (Fsp3) is 0.429. The quantitative estimate of drug-likeness (QED) is 0.903. The molecule has 0 saturated heterocycles. The van der Waals surface area contributed by atoms with Gasteiger partial charge in [0.2, 0.25) is 0 Å². The summed E-state index contributed by atoms with van der Waals surface area (Å²) in [5.74, 6) is -1.11. The average Bonchev–Trinajstić information content (AvgIpc) is 2.82. The second kappa shape index (κ2) is 6.01. The van der Waals surface area contributed by atoms with Crippen LogP contribution in [0, 0.1) is 0 Å². The van der Waals surface area contributed by atoms with Crippen molar-refractivity contribution in [1.82, 2.24) is 20.0 Å². The Labute approximate surface area is 122 Å². The molecule has 2 heterocycles. The molecule has 0 saturated carbocycles. The van der Waals surface area contributed by atoms with Crippen LogP contribution in [0.1, 0.15) is 31.3 Å². The molecule has 0 aromatic carbocycles. The number of aromatic carboxylic acids is 1. The van der Waals surface area contributed by atoms with Crippen LogP contribution in [0.2, 0.25) is 0 Å². The standard InChI is InChI=1S/C14H18N4O3/c1-14(2,3)21-9-8-18-12(10-4-6-15-7-5-10)11(13(19)20)16-17-18/h4-7H,8-9H2,1-3H3,(H,19,20). The zero-order valence-electron chi connectivity index (χ0n) is 12.3. The Balaban J connectivity index is 2.28. The number of carboxylic acids is 1. The number of hydrogen-bond acceptors (Lipinski definition) is 5. The second-order valence-electron chi connectivity index (χ2n) is 5.51. The lowest BCUT2D eigenvalue weighted by atomic mass is 10.1. The molecule has 0 amide bonds. The molecule has 21 heavy (non-hydrogen) atoms. The van der Waals surface area contributed by atoms with Gasteiger partial charge in [0.05, 0.1) is 18.8 Å². The topological polar surface area (TPSA) is 90.1 Å². The van der Waals surface area contributed by atoms with Crippen molar-refractivity contribution in [2.45, 2.75) is 32.9 Å². The number of ether oxygens (including phenoxy) is 1. The summed E-state index contributed by atoms with van der Waals surface area (Å²) in [7, 11) is 0. The van der Waals surface area contributed by atoms with E-state index in [2.05, 4.69) is 15.3 Å². The fourth-order valence-corrected chi connectivity index (χ4v) is 1.85. The number of aromatic nitrogens is 4. The van der Waals surface area contributed by atoms with Crippen LogP contribution < -0.4 is 0 Å². The summed E-state index contributed by atoms with van der Waals surface area (Å²) in [5.41, 5.74) is 0.843. The zero-order valence-corrected chi connectivity index (χ0v) is 12.3. The van der Waals surface area contributed by atoms with Crippen molar-refractivity contribution in [3.05, 3.63) is 30.2 Å². The van der Waals surface area contributed by atoms with Gasteiger partial charge in [-0.2, -0.15) is 0 Å². The summed E-state index contributed by atoms with van der Waals surface area (Å²) in [6.45, 7) is 6.72. The van der Waals surface area contributed by atoms with Crippen LogP contribution >= 0.6 is 0 Å². The Morgan fingerprint density at radius 1 is 1.33 bits per heavy atom. The maximum atomic E-state index is 11.3. The normalized spacial score (nSPS) is 11.6. The number of nitrogens with zero attached hydrogens (tertiary/aromatic N) is 4. The van der Waals surface area contributed by atoms with Crippen LogP contribution in [0.4, 0.5) is 0 Å². The predicted octanol–water partition coefficient (Wildman–Crippen LogP) is 1.85. The van der Waals surface area contributed by atoms with Crippen LogP contribution in [0.15, 0.2) is 24.5 Å². The molecule has 2 aromatic heterocycles. The van der Waals surface area contributed by atoms with Gasteiger partial charge in [0.15, 0.2) is 5.69 Å². The van der Waals surface area contributed by atoms with Crippen molar-refractivity contribution in [2.24, 2.45) is 0 Å². The Morgan fingerprint density at radius 2 is 2.00 bits per heavy atom. The van der Waals surface area contributed by atoms with Crippen molar-refractivity contribution in [3.63, 3.8) is 0 Å². The second-order valence-corrected chi connectivity index (χ2v) is 5.51. The summed E-state index contributed by atoms with van der Waals surface area (Å²) in [6.07, 6.45) is 3.20. The van der Waals surface area contributed by atoms with Gasteiger partial charge in [0.1, 0.15) is 5.69 Å². The lowest BCUT2D eigenvalue weighted by molar-refractivity contribution is -0.00791. The number of rotatable bonds is 5. The van der Waals surface area contributed by atoms with E-state index in [-0.39, 0.29) is 11.3 Å². The Morgan fingerprint density at radius 3 is 2.57 bits per heavy atom. The number of pyridine rings is 1. The van der Waals surface area contributed by atoms with Gasteiger partial charge < -0.3 is 9.84 Å². The zero-order chi connectivity index (χ0) is 15.5. The largest absolute Gasteiger partial charge is 0.476 e. The summed E-state index contributed by atoms with van der Waals surface area (Å²) in [6, 6.07) is 3.46. The van der Waals surface area contributed by atoms with Gasteiger partial charge >= 0.3 is 5.97 Å². The van der Waals surface area contributed by atoms with Crippen molar-refractivity contribution in [1.29, 1.82) is 0 Å². The van der Waals surface area contributed by atoms with E-state index in [1.54, 1.807) is 29.2 Å². The first-order valence-electron chi connectivity index (χ1n) is 6.59. The molecule has 0 radical (unpaired) electrons. The van der Waals surface area contributed by atoms with Gasteiger partial charge in [-0.25, -0.2) is 9.48 Å². The minimum Gasteiger partial charge on any atom is -0.476 e. The molecule has 0 aliphatic carbocycles. The Bertz CT molecular complexity index is 617. The third-order valence-electron chi connectivity index (χ3n) is 2.73. The molecule has 0 atom stereocenters. The molecule has 0 aliphatic rings. The first kappa shape index (κ1) is 15.1. The number of hydrogen-bond donors (Lipinski definition) is 1. The minimum atomic E-state index is -1.11. The number of carboxylic acid groups (broad SMARTS) is 1. The summed E-state index contributed by atoms with van der Waals surface area (Å²) in [4.78, 5) is 15.2. The highest BCUT2D eigenvalue weighted by molar-refractivity contribution is 5.92. The molecule has 7 heteroatoms. The van der Waals surface area contributed by atoms with Crippen molar-refractivity contribution >= 4 is 5.97 Å². The maximum absolute atomic E-state index is 11.3. The molecule has 0 fully saturated rings. The lowest BCUT2D eigenvalue weighted by Crippen LogP contribution is -2.22. The first-order chi connectivity index (χ1) is 9.88. The van der Waals surface area contributed by atoms with Crippen LogP contribution in [-0.2, 0) is 11.3 Å². The lowest BCUT2D eigenvalue weighted by Gasteiger charge is -2.19. The van der Waals surface area contributed by atoms with Crippen LogP contribution in [-0.4, -0.2) is 43.3 Å². The predicted molar refractivity (Wildman–Crippen MR) is 75.9 cm³/mol. The summed E-state index contributed by atoms with van der Waals surface area (Å²) < 4.78 is 7.19. The van der Waals surface area contributed by atoms with Crippen LogP contribution in [0.3, 0.4) is 0 Å². The van der Waals surface area contributed by atoms with E-state index in [9.17, 15) is 9.90 Å². The van der Waals surface area contributed by atoms with Gasteiger partial charge in [0.25, 0.3) is 0 Å². The van der Waals surface area contributed by atoms with Crippen molar-refractivity contribution in [2.75, 3.05) is 6.61 Å². The molecule has 7 nitrogen and oxygen atoms in total. The van der Waals surface area contributed by atoms with Crippen LogP contribution in [0.5, 0.6) is 0 Å². The van der Waals surface area contributed by atoms with E-state index < -0.39 is 5.97 Å². The van der Waals surface area contributed by atoms with E-state index >= 15 is 0 Å². The third kappa shape index (κ3) is 3.85. The monoisotopic (exact) mass is 290 g/mol. The Hall–Kier alpha value is -2.28. The Kier molecular flexibility index (Phi) is 4.32. The fourth-order valence-electron chi connectivity index (χ4n) is 1.85. The highest BCUT2D eigenvalue weighted by atomic mass is 16.5. The van der Waals surface area contributed by atoms with E-state index in [0.717, 1.165) is 0 Å². The molecule has 0 aliphatic heterocycles. The molecule has 2 aromatic rings. The van der Waals surface area contributed by atoms with Crippen LogP contribution in [0.25, 0.3) is 11.3 Å². The minimum absolute atomic E-state index is 0.0723. The molecule has 0 bridgehead atoms. The van der Waals surface area contributed by atoms with Crippen molar-refractivity contribution in [3.8, 4) is 11.3 Å². The van der Waals surface area contributed by atoms with E-state index in [1.165, 1.54) is 0 Å². The number of carbonyl (C=O) groups is 1. The molecule has 1 N–H and O–H groups in total. The molecule has 0 unspecified atom stereocenters. The highest BCUT2D eigenvalue weighted by Crippen LogP contribution is 2.21. The van der Waals surface area contributed by atoms with E-state index in [1.807, 2.05) is 20.8 Å². The SMILES string of the molecule is CC(C)(C)OCCn1nnc(C(=O)O)c1-c1ccncc1. The van der Waals surface area contributed by atoms with E-state index in [0.29, 0.717) is 24.4 Å². The maximum Gasteiger partial charge on any atom is 0.358 e. The molecular weight excluding hydrogens is 272 g/mol.